The Bertz CT molecular complexity index is 1250. The van der Waals surface area contributed by atoms with Crippen molar-refractivity contribution in [1.29, 1.82) is 0 Å². The maximum absolute atomic E-state index is 10.3. The van der Waals surface area contributed by atoms with Gasteiger partial charge in [0, 0.05) is 31.4 Å². The lowest BCUT2D eigenvalue weighted by Crippen LogP contribution is -2.22. The minimum absolute atomic E-state index is 0.0533. The van der Waals surface area contributed by atoms with Gasteiger partial charge in [-0.2, -0.15) is 0 Å². The summed E-state index contributed by atoms with van der Waals surface area (Å²) in [6.45, 7) is 9.22. The average molecular weight is 620 g/mol. The normalized spacial score (nSPS) is 12.1. The molecule has 3 aromatic rings. The maximum atomic E-state index is 10.3. The van der Waals surface area contributed by atoms with E-state index in [2.05, 4.69) is 56.4 Å². The molecule has 0 heterocycles. The molecule has 3 aromatic carbocycles. The van der Waals surface area contributed by atoms with Crippen LogP contribution < -0.4 is 5.32 Å². The van der Waals surface area contributed by atoms with E-state index in [0.717, 1.165) is 69.9 Å². The number of aliphatic hydroxyl groups is 2. The van der Waals surface area contributed by atoms with Gasteiger partial charge in [-0.15, -0.1) is 0 Å². The lowest BCUT2D eigenvalue weighted by atomic mass is 9.87. The zero-order valence-corrected chi connectivity index (χ0v) is 27.3. The number of aliphatic hydroxyl groups excluding tert-OH is 2. The molecule has 0 aliphatic heterocycles. The molecule has 7 heteroatoms. The third-order valence-electron chi connectivity index (χ3n) is 7.43. The first-order chi connectivity index (χ1) is 21.6. The SMILES string of the molecule is CC(C)(C)c1ccc(/C=C/C(=O)O)cc1.OCc1cc(C(O)CNCCCCCCOCCCCc2ccccc2)ccc1O. The summed E-state index contributed by atoms with van der Waals surface area (Å²) < 4.78 is 5.72. The first kappa shape index (κ1) is 37.7. The van der Waals surface area contributed by atoms with Gasteiger partial charge in [0.1, 0.15) is 5.75 Å². The monoisotopic (exact) mass is 619 g/mol. The predicted octanol–water partition coefficient (Wildman–Crippen LogP) is 7.19. The van der Waals surface area contributed by atoms with Crippen molar-refractivity contribution >= 4 is 12.0 Å². The highest BCUT2D eigenvalue weighted by molar-refractivity contribution is 5.85. The van der Waals surface area contributed by atoms with E-state index < -0.39 is 12.1 Å². The average Bonchev–Trinajstić information content (AvgIpc) is 3.03. The fourth-order valence-corrected chi connectivity index (χ4v) is 4.65. The van der Waals surface area contributed by atoms with Gasteiger partial charge in [-0.1, -0.05) is 94.3 Å². The van der Waals surface area contributed by atoms with E-state index in [9.17, 15) is 20.1 Å². The second kappa shape index (κ2) is 21.3. The van der Waals surface area contributed by atoms with Gasteiger partial charge >= 0.3 is 5.97 Å². The summed E-state index contributed by atoms with van der Waals surface area (Å²) in [7, 11) is 0. The molecular formula is C38H53NO6. The molecule has 45 heavy (non-hydrogen) atoms. The van der Waals surface area contributed by atoms with Crippen molar-refractivity contribution in [2.24, 2.45) is 0 Å². The minimum atomic E-state index is -0.921. The first-order valence-corrected chi connectivity index (χ1v) is 16.0. The number of carboxylic acid groups (broad SMARTS) is 1. The van der Waals surface area contributed by atoms with Crippen molar-refractivity contribution in [2.75, 3.05) is 26.3 Å². The van der Waals surface area contributed by atoms with E-state index >= 15 is 0 Å². The summed E-state index contributed by atoms with van der Waals surface area (Å²) in [5.74, 6) is -0.868. The Morgan fingerprint density at radius 2 is 1.56 bits per heavy atom. The molecule has 0 aliphatic rings. The molecule has 7 nitrogen and oxygen atoms in total. The molecule has 1 atom stereocenters. The number of rotatable bonds is 18. The van der Waals surface area contributed by atoms with E-state index in [1.165, 1.54) is 23.6 Å². The Hall–Kier alpha value is -3.49. The van der Waals surface area contributed by atoms with Crippen molar-refractivity contribution in [2.45, 2.75) is 83.8 Å². The number of carboxylic acids is 1. The quantitative estimate of drug-likeness (QED) is 0.0755. The molecule has 246 valence electrons. The summed E-state index contributed by atoms with van der Waals surface area (Å²) >= 11 is 0. The van der Waals surface area contributed by atoms with Crippen molar-refractivity contribution in [3.8, 4) is 5.75 Å². The van der Waals surface area contributed by atoms with Crippen LogP contribution in [0.3, 0.4) is 0 Å². The largest absolute Gasteiger partial charge is 0.508 e. The van der Waals surface area contributed by atoms with Crippen LogP contribution in [-0.4, -0.2) is 52.7 Å². The van der Waals surface area contributed by atoms with E-state index in [4.69, 9.17) is 9.84 Å². The Balaban J connectivity index is 0.000000394. The number of benzene rings is 3. The van der Waals surface area contributed by atoms with E-state index in [1.807, 2.05) is 24.3 Å². The van der Waals surface area contributed by atoms with Crippen LogP contribution >= 0.6 is 0 Å². The molecule has 0 aliphatic carbocycles. The fourth-order valence-electron chi connectivity index (χ4n) is 4.65. The molecule has 0 bridgehead atoms. The Kier molecular flexibility index (Phi) is 17.8. The van der Waals surface area contributed by atoms with E-state index in [1.54, 1.807) is 18.2 Å². The van der Waals surface area contributed by atoms with Crippen molar-refractivity contribution in [3.05, 3.63) is 107 Å². The second-order valence-electron chi connectivity index (χ2n) is 12.3. The standard InChI is InChI=1S/C25H37NO4.C13H16O2/c27-20-23-18-22(13-14-24(23)28)25(29)19-26-15-7-1-2-8-16-30-17-9-6-12-21-10-4-3-5-11-21;1-13(2,3)11-7-4-10(5-8-11)6-9-12(14)15/h3-5,10-11,13-14,18,25-29H,1-2,6-9,12,15-17,19-20H2;4-9H,1-3H3,(H,14,15)/b;9-6+. The van der Waals surface area contributed by atoms with Crippen LogP contribution in [0.1, 0.15) is 93.2 Å². The van der Waals surface area contributed by atoms with Gasteiger partial charge in [-0.3, -0.25) is 0 Å². The van der Waals surface area contributed by atoms with Crippen LogP contribution in [0.2, 0.25) is 0 Å². The van der Waals surface area contributed by atoms with Crippen LogP contribution in [-0.2, 0) is 28.0 Å². The third kappa shape index (κ3) is 16.4. The van der Waals surface area contributed by atoms with Crippen LogP contribution in [0.25, 0.3) is 6.08 Å². The number of phenols is 1. The molecular weight excluding hydrogens is 566 g/mol. The van der Waals surface area contributed by atoms with Crippen LogP contribution in [0, 0.1) is 0 Å². The smallest absolute Gasteiger partial charge is 0.328 e. The Morgan fingerprint density at radius 1 is 0.889 bits per heavy atom. The van der Waals surface area contributed by atoms with Gasteiger partial charge in [-0.05, 0) is 84.5 Å². The van der Waals surface area contributed by atoms with Gasteiger partial charge in [-0.25, -0.2) is 4.79 Å². The second-order valence-corrected chi connectivity index (χ2v) is 12.3. The number of aryl methyl sites for hydroxylation is 1. The molecule has 0 fully saturated rings. The van der Waals surface area contributed by atoms with Crippen LogP contribution in [0.5, 0.6) is 5.75 Å². The number of nitrogens with one attached hydrogen (secondary N) is 1. The van der Waals surface area contributed by atoms with Gasteiger partial charge < -0.3 is 30.5 Å². The minimum Gasteiger partial charge on any atom is -0.508 e. The summed E-state index contributed by atoms with van der Waals surface area (Å²) in [5.41, 5.74) is 4.82. The zero-order chi connectivity index (χ0) is 32.9. The van der Waals surface area contributed by atoms with Crippen molar-refractivity contribution in [1.82, 2.24) is 5.32 Å². The van der Waals surface area contributed by atoms with Gasteiger partial charge in [0.2, 0.25) is 0 Å². The molecule has 0 spiro atoms. The predicted molar refractivity (Wildman–Crippen MR) is 182 cm³/mol. The fraction of sp³-hybridized carbons (Fsp3) is 0.447. The topological polar surface area (TPSA) is 119 Å². The molecule has 0 radical (unpaired) electrons. The van der Waals surface area contributed by atoms with Crippen molar-refractivity contribution < 1.29 is 30.0 Å². The highest BCUT2D eigenvalue weighted by atomic mass is 16.5. The van der Waals surface area contributed by atoms with Crippen LogP contribution in [0.4, 0.5) is 0 Å². The lowest BCUT2D eigenvalue weighted by Gasteiger charge is -2.18. The lowest BCUT2D eigenvalue weighted by molar-refractivity contribution is -0.131. The summed E-state index contributed by atoms with van der Waals surface area (Å²) in [6, 6.07) is 23.3. The number of hydrogen-bond acceptors (Lipinski definition) is 6. The van der Waals surface area contributed by atoms with Crippen molar-refractivity contribution in [3.63, 3.8) is 0 Å². The van der Waals surface area contributed by atoms with Gasteiger partial charge in [0.25, 0.3) is 0 Å². The molecule has 0 aromatic heterocycles. The molecule has 5 N–H and O–H groups in total. The van der Waals surface area contributed by atoms with E-state index in [-0.39, 0.29) is 17.8 Å². The third-order valence-corrected chi connectivity index (χ3v) is 7.43. The van der Waals surface area contributed by atoms with Gasteiger partial charge in [0.15, 0.2) is 0 Å². The van der Waals surface area contributed by atoms with Crippen LogP contribution in [0.15, 0.2) is 78.9 Å². The summed E-state index contributed by atoms with van der Waals surface area (Å²) in [4.78, 5) is 10.3. The zero-order valence-electron chi connectivity index (χ0n) is 27.3. The number of carbonyl (C=O) groups is 1. The Labute approximate surface area is 269 Å². The Morgan fingerprint density at radius 3 is 2.20 bits per heavy atom. The van der Waals surface area contributed by atoms with Gasteiger partial charge in [0.05, 0.1) is 12.7 Å². The number of hydrogen-bond donors (Lipinski definition) is 5. The molecule has 3 rings (SSSR count). The number of unbranched alkanes of at least 4 members (excludes halogenated alkanes) is 4. The highest BCUT2D eigenvalue weighted by Gasteiger charge is 2.12. The summed E-state index contributed by atoms with van der Waals surface area (Å²) in [6.07, 6.45) is 9.98. The molecule has 1 unspecified atom stereocenters. The molecule has 0 saturated heterocycles. The first-order valence-electron chi connectivity index (χ1n) is 16.0. The number of ether oxygens (including phenoxy) is 1. The van der Waals surface area contributed by atoms with E-state index in [0.29, 0.717) is 17.7 Å². The summed E-state index contributed by atoms with van der Waals surface area (Å²) in [5, 5.41) is 40.7. The number of aromatic hydroxyl groups is 1. The maximum Gasteiger partial charge on any atom is 0.328 e. The molecule has 0 saturated carbocycles. The highest BCUT2D eigenvalue weighted by Crippen LogP contribution is 2.23. The number of aliphatic carboxylic acids is 1. The molecule has 0 amide bonds.